The molecule has 0 saturated heterocycles. The quantitative estimate of drug-likeness (QED) is 0.830. The average molecular weight is 235 g/mol. The maximum absolute atomic E-state index is 13.3. The molecular formula is C12H14FN3O. The van der Waals surface area contributed by atoms with Crippen LogP contribution in [0.3, 0.4) is 0 Å². The first-order chi connectivity index (χ1) is 8.06. The second kappa shape index (κ2) is 4.53. The van der Waals surface area contributed by atoms with Gasteiger partial charge in [0.2, 0.25) is 0 Å². The number of nitrogen functional groups attached to an aromatic ring is 1. The molecule has 5 heteroatoms. The minimum atomic E-state index is -0.480. The SMILES string of the molecule is CC(C)Cc1noc(-c2ccc(N)c(F)c2)n1. The lowest BCUT2D eigenvalue weighted by atomic mass is 10.1. The van der Waals surface area contributed by atoms with Crippen LogP contribution >= 0.6 is 0 Å². The summed E-state index contributed by atoms with van der Waals surface area (Å²) >= 11 is 0. The molecule has 0 unspecified atom stereocenters. The highest BCUT2D eigenvalue weighted by Gasteiger charge is 2.11. The van der Waals surface area contributed by atoms with Crippen molar-refractivity contribution in [3.63, 3.8) is 0 Å². The van der Waals surface area contributed by atoms with Crippen molar-refractivity contribution in [1.29, 1.82) is 0 Å². The molecular weight excluding hydrogens is 221 g/mol. The molecule has 0 aliphatic carbocycles. The summed E-state index contributed by atoms with van der Waals surface area (Å²) in [4.78, 5) is 4.21. The van der Waals surface area contributed by atoms with Crippen LogP contribution in [-0.2, 0) is 6.42 Å². The lowest BCUT2D eigenvalue weighted by Crippen LogP contribution is -1.96. The van der Waals surface area contributed by atoms with Crippen molar-refractivity contribution in [2.24, 2.45) is 5.92 Å². The highest BCUT2D eigenvalue weighted by Crippen LogP contribution is 2.21. The van der Waals surface area contributed by atoms with E-state index in [1.807, 2.05) is 0 Å². The maximum atomic E-state index is 13.3. The molecule has 1 aromatic carbocycles. The van der Waals surface area contributed by atoms with E-state index in [0.29, 0.717) is 23.2 Å². The Kier molecular flexibility index (Phi) is 3.08. The molecule has 0 atom stereocenters. The zero-order chi connectivity index (χ0) is 12.4. The van der Waals surface area contributed by atoms with Crippen molar-refractivity contribution in [2.75, 3.05) is 5.73 Å². The number of hydrogen-bond acceptors (Lipinski definition) is 4. The zero-order valence-corrected chi connectivity index (χ0v) is 9.77. The molecule has 1 heterocycles. The van der Waals surface area contributed by atoms with Gasteiger partial charge in [0.1, 0.15) is 5.82 Å². The molecule has 0 bridgehead atoms. The molecule has 0 saturated carbocycles. The van der Waals surface area contributed by atoms with Crippen LogP contribution in [0.5, 0.6) is 0 Å². The zero-order valence-electron chi connectivity index (χ0n) is 9.77. The summed E-state index contributed by atoms with van der Waals surface area (Å²) < 4.78 is 18.3. The Labute approximate surface area is 98.6 Å². The highest BCUT2D eigenvalue weighted by molar-refractivity contribution is 5.57. The van der Waals surface area contributed by atoms with Crippen LogP contribution in [0.25, 0.3) is 11.5 Å². The molecule has 0 aliphatic rings. The number of nitrogens with two attached hydrogens (primary N) is 1. The number of hydrogen-bond donors (Lipinski definition) is 1. The number of halogens is 1. The van der Waals surface area contributed by atoms with Crippen molar-refractivity contribution in [2.45, 2.75) is 20.3 Å². The van der Waals surface area contributed by atoms with Crippen LogP contribution < -0.4 is 5.73 Å². The third kappa shape index (κ3) is 2.61. The fourth-order valence-electron chi connectivity index (χ4n) is 1.48. The summed E-state index contributed by atoms with van der Waals surface area (Å²) in [6, 6.07) is 4.43. The first-order valence-corrected chi connectivity index (χ1v) is 5.44. The number of aromatic nitrogens is 2. The van der Waals surface area contributed by atoms with Crippen LogP contribution in [0, 0.1) is 11.7 Å². The number of anilines is 1. The lowest BCUT2D eigenvalue weighted by Gasteiger charge is -1.98. The summed E-state index contributed by atoms with van der Waals surface area (Å²) in [5.41, 5.74) is 6.04. The molecule has 0 aliphatic heterocycles. The van der Waals surface area contributed by atoms with Crippen molar-refractivity contribution in [1.82, 2.24) is 10.1 Å². The molecule has 0 fully saturated rings. The molecule has 2 aromatic rings. The standard InChI is InChI=1S/C12H14FN3O/c1-7(2)5-11-15-12(17-16-11)8-3-4-10(14)9(13)6-8/h3-4,6-7H,5,14H2,1-2H3. The third-order valence-electron chi connectivity index (χ3n) is 2.31. The summed E-state index contributed by atoms with van der Waals surface area (Å²) in [5, 5.41) is 3.85. The van der Waals surface area contributed by atoms with E-state index in [-0.39, 0.29) is 5.69 Å². The topological polar surface area (TPSA) is 64.9 Å². The van der Waals surface area contributed by atoms with Crippen molar-refractivity contribution in [3.8, 4) is 11.5 Å². The Morgan fingerprint density at radius 1 is 1.41 bits per heavy atom. The van der Waals surface area contributed by atoms with E-state index in [1.54, 1.807) is 6.07 Å². The van der Waals surface area contributed by atoms with Gasteiger partial charge >= 0.3 is 0 Å². The van der Waals surface area contributed by atoms with Gasteiger partial charge in [0, 0.05) is 12.0 Å². The Balaban J connectivity index is 2.27. The first-order valence-electron chi connectivity index (χ1n) is 5.44. The lowest BCUT2D eigenvalue weighted by molar-refractivity contribution is 0.417. The van der Waals surface area contributed by atoms with Gasteiger partial charge in [-0.3, -0.25) is 0 Å². The molecule has 2 rings (SSSR count). The summed E-state index contributed by atoms with van der Waals surface area (Å²) in [6.45, 7) is 4.14. The largest absolute Gasteiger partial charge is 0.396 e. The van der Waals surface area contributed by atoms with Crippen molar-refractivity contribution in [3.05, 3.63) is 29.8 Å². The molecule has 4 nitrogen and oxygen atoms in total. The van der Waals surface area contributed by atoms with Gasteiger partial charge in [0.05, 0.1) is 5.69 Å². The Morgan fingerprint density at radius 2 is 2.18 bits per heavy atom. The molecule has 0 radical (unpaired) electrons. The Bertz CT molecular complexity index is 522. The second-order valence-electron chi connectivity index (χ2n) is 4.35. The highest BCUT2D eigenvalue weighted by atomic mass is 19.1. The minimum absolute atomic E-state index is 0.107. The molecule has 1 aromatic heterocycles. The average Bonchev–Trinajstić information content (AvgIpc) is 2.69. The molecule has 0 amide bonds. The van der Waals surface area contributed by atoms with Crippen LogP contribution in [0.1, 0.15) is 19.7 Å². The van der Waals surface area contributed by atoms with E-state index in [2.05, 4.69) is 24.0 Å². The van der Waals surface area contributed by atoms with Gasteiger partial charge in [-0.15, -0.1) is 0 Å². The van der Waals surface area contributed by atoms with Gasteiger partial charge in [0.15, 0.2) is 5.82 Å². The van der Waals surface area contributed by atoms with E-state index in [1.165, 1.54) is 12.1 Å². The van der Waals surface area contributed by atoms with E-state index in [4.69, 9.17) is 10.3 Å². The summed E-state index contributed by atoms with van der Waals surface area (Å²) in [7, 11) is 0. The fourth-order valence-corrected chi connectivity index (χ4v) is 1.48. The summed E-state index contributed by atoms with van der Waals surface area (Å²) in [5.74, 6) is 0.918. The van der Waals surface area contributed by atoms with Crippen LogP contribution in [0.2, 0.25) is 0 Å². The van der Waals surface area contributed by atoms with Gasteiger partial charge < -0.3 is 10.3 Å². The predicted octanol–water partition coefficient (Wildman–Crippen LogP) is 2.66. The molecule has 0 spiro atoms. The van der Waals surface area contributed by atoms with Gasteiger partial charge in [-0.1, -0.05) is 19.0 Å². The van der Waals surface area contributed by atoms with Crippen molar-refractivity contribution >= 4 is 5.69 Å². The van der Waals surface area contributed by atoms with Gasteiger partial charge in [-0.25, -0.2) is 4.39 Å². The smallest absolute Gasteiger partial charge is 0.258 e. The van der Waals surface area contributed by atoms with Gasteiger partial charge in [-0.2, -0.15) is 4.98 Å². The van der Waals surface area contributed by atoms with Crippen LogP contribution in [0.4, 0.5) is 10.1 Å². The van der Waals surface area contributed by atoms with E-state index < -0.39 is 5.82 Å². The predicted molar refractivity (Wildman–Crippen MR) is 62.6 cm³/mol. The number of nitrogens with zero attached hydrogens (tertiary/aromatic N) is 2. The Morgan fingerprint density at radius 3 is 2.82 bits per heavy atom. The minimum Gasteiger partial charge on any atom is -0.396 e. The summed E-state index contributed by atoms with van der Waals surface area (Å²) in [6.07, 6.45) is 0.737. The van der Waals surface area contributed by atoms with Gasteiger partial charge in [0.25, 0.3) is 5.89 Å². The monoisotopic (exact) mass is 235 g/mol. The Hall–Kier alpha value is -1.91. The van der Waals surface area contributed by atoms with E-state index in [0.717, 1.165) is 6.42 Å². The first kappa shape index (κ1) is 11.6. The van der Waals surface area contributed by atoms with E-state index >= 15 is 0 Å². The van der Waals surface area contributed by atoms with Gasteiger partial charge in [-0.05, 0) is 24.1 Å². The number of rotatable bonds is 3. The molecule has 17 heavy (non-hydrogen) atoms. The second-order valence-corrected chi connectivity index (χ2v) is 4.35. The van der Waals surface area contributed by atoms with E-state index in [9.17, 15) is 4.39 Å². The van der Waals surface area contributed by atoms with Crippen LogP contribution in [0.15, 0.2) is 22.7 Å². The molecule has 90 valence electrons. The third-order valence-corrected chi connectivity index (χ3v) is 2.31. The van der Waals surface area contributed by atoms with Crippen molar-refractivity contribution < 1.29 is 8.91 Å². The fraction of sp³-hybridized carbons (Fsp3) is 0.333. The normalized spacial score (nSPS) is 11.1. The molecule has 2 N–H and O–H groups in total. The van der Waals surface area contributed by atoms with Crippen LogP contribution in [-0.4, -0.2) is 10.1 Å². The maximum Gasteiger partial charge on any atom is 0.258 e. The number of benzene rings is 1.